The summed E-state index contributed by atoms with van der Waals surface area (Å²) in [6, 6.07) is 7.04. The third-order valence-corrected chi connectivity index (χ3v) is 5.75. The molecule has 8 nitrogen and oxygen atoms in total. The summed E-state index contributed by atoms with van der Waals surface area (Å²) < 4.78 is 43.8. The molecule has 1 amide bonds. The molecule has 36 heavy (non-hydrogen) atoms. The maximum atomic E-state index is 12.9. The maximum Gasteiger partial charge on any atom is 0.416 e. The van der Waals surface area contributed by atoms with Crippen molar-refractivity contribution in [3.05, 3.63) is 84.5 Å². The van der Waals surface area contributed by atoms with Crippen molar-refractivity contribution in [1.82, 2.24) is 25.3 Å². The molecule has 0 aliphatic carbocycles. The smallest absolute Gasteiger partial charge is 0.416 e. The van der Waals surface area contributed by atoms with Crippen LogP contribution in [0.15, 0.2) is 67.6 Å². The van der Waals surface area contributed by atoms with Gasteiger partial charge in [0.05, 0.1) is 30.3 Å². The largest absolute Gasteiger partial charge is 0.498 e. The van der Waals surface area contributed by atoms with Gasteiger partial charge in [-0.05, 0) is 24.1 Å². The first-order chi connectivity index (χ1) is 17.4. The van der Waals surface area contributed by atoms with Gasteiger partial charge >= 0.3 is 6.18 Å². The number of anilines is 1. The molecule has 4 heterocycles. The van der Waals surface area contributed by atoms with Gasteiger partial charge in [0, 0.05) is 47.8 Å². The second kappa shape index (κ2) is 9.68. The molecule has 11 heteroatoms. The zero-order valence-electron chi connectivity index (χ0n) is 18.9. The van der Waals surface area contributed by atoms with Crippen molar-refractivity contribution in [1.29, 1.82) is 0 Å². The number of amides is 1. The standard InChI is InChI=1S/C25H21F3N6O2/c26-25(27,28)18-3-1-2-16(10-18)4-5-29-24(35)23-30-12-17(13-31-23)21-15-33-22-20(21)11-19(14-32-22)34-6-8-36-9-7-34/h1-3,6,8,10-15H,4-5,7,9H2,(H,29,35)(H,32,33). The van der Waals surface area contributed by atoms with Gasteiger partial charge in [0.1, 0.15) is 12.3 Å². The number of pyridine rings is 1. The SMILES string of the molecule is O=C(NCCc1cccc(C(F)(F)F)c1)c1ncc(-c2c[nH]c3ncc(N4C=COCC4)cc23)cn1. The van der Waals surface area contributed by atoms with E-state index < -0.39 is 17.6 Å². The predicted molar refractivity (Wildman–Crippen MR) is 127 cm³/mol. The van der Waals surface area contributed by atoms with E-state index in [2.05, 4.69) is 25.3 Å². The Balaban J connectivity index is 1.25. The fraction of sp³-hybridized carbons (Fsp3) is 0.200. The quantitative estimate of drug-likeness (QED) is 0.415. The normalized spacial score (nSPS) is 13.6. The van der Waals surface area contributed by atoms with Gasteiger partial charge in [-0.1, -0.05) is 18.2 Å². The number of carbonyl (C=O) groups is 1. The van der Waals surface area contributed by atoms with E-state index in [4.69, 9.17) is 4.74 Å². The van der Waals surface area contributed by atoms with Crippen LogP contribution < -0.4 is 10.2 Å². The topological polar surface area (TPSA) is 96.0 Å². The number of fused-ring (bicyclic) bond motifs is 1. The van der Waals surface area contributed by atoms with Gasteiger partial charge in [0.2, 0.25) is 5.82 Å². The number of aromatic nitrogens is 4. The van der Waals surface area contributed by atoms with Crippen LogP contribution >= 0.6 is 0 Å². The number of ether oxygens (including phenoxy) is 1. The average molecular weight is 494 g/mol. The van der Waals surface area contributed by atoms with Gasteiger partial charge in [-0.15, -0.1) is 0 Å². The maximum absolute atomic E-state index is 12.9. The number of alkyl halides is 3. The summed E-state index contributed by atoms with van der Waals surface area (Å²) in [6.45, 7) is 1.45. The zero-order valence-corrected chi connectivity index (χ0v) is 18.9. The van der Waals surface area contributed by atoms with Crippen molar-refractivity contribution in [2.45, 2.75) is 12.6 Å². The molecule has 0 bridgehead atoms. The van der Waals surface area contributed by atoms with E-state index in [1.807, 2.05) is 23.4 Å². The van der Waals surface area contributed by atoms with E-state index >= 15 is 0 Å². The molecule has 1 aromatic carbocycles. The minimum atomic E-state index is -4.41. The summed E-state index contributed by atoms with van der Waals surface area (Å²) in [6.07, 6.45) is 6.03. The van der Waals surface area contributed by atoms with Gasteiger partial charge in [0.25, 0.3) is 5.91 Å². The first-order valence-electron chi connectivity index (χ1n) is 11.2. The lowest BCUT2D eigenvalue weighted by Gasteiger charge is -2.23. The van der Waals surface area contributed by atoms with Crippen LogP contribution in [-0.2, 0) is 17.3 Å². The number of nitrogens with one attached hydrogen (secondary N) is 2. The number of benzene rings is 1. The Kier molecular flexibility index (Phi) is 6.28. The molecule has 1 aliphatic heterocycles. The van der Waals surface area contributed by atoms with Gasteiger partial charge in [-0.25, -0.2) is 15.0 Å². The number of carbonyl (C=O) groups excluding carboxylic acids is 1. The van der Waals surface area contributed by atoms with Crippen molar-refractivity contribution in [3.8, 4) is 11.1 Å². The molecule has 0 saturated carbocycles. The summed E-state index contributed by atoms with van der Waals surface area (Å²) >= 11 is 0. The van der Waals surface area contributed by atoms with Crippen LogP contribution in [0.5, 0.6) is 0 Å². The van der Waals surface area contributed by atoms with Crippen molar-refractivity contribution < 1.29 is 22.7 Å². The molecule has 0 radical (unpaired) electrons. The van der Waals surface area contributed by atoms with Crippen LogP contribution in [0.4, 0.5) is 18.9 Å². The van der Waals surface area contributed by atoms with Crippen LogP contribution in [0, 0.1) is 0 Å². The van der Waals surface area contributed by atoms with Crippen molar-refractivity contribution in [2.24, 2.45) is 0 Å². The Labute approximate surface area is 203 Å². The van der Waals surface area contributed by atoms with Crippen molar-refractivity contribution in [3.63, 3.8) is 0 Å². The van der Waals surface area contributed by atoms with Gasteiger partial charge in [-0.2, -0.15) is 13.2 Å². The first-order valence-corrected chi connectivity index (χ1v) is 11.2. The van der Waals surface area contributed by atoms with Crippen LogP contribution in [-0.4, -0.2) is 45.5 Å². The monoisotopic (exact) mass is 494 g/mol. The number of rotatable bonds is 6. The van der Waals surface area contributed by atoms with E-state index in [-0.39, 0.29) is 18.8 Å². The van der Waals surface area contributed by atoms with Gasteiger partial charge < -0.3 is 19.9 Å². The Bertz CT molecular complexity index is 1420. The Hall–Kier alpha value is -4.41. The van der Waals surface area contributed by atoms with Crippen LogP contribution in [0.3, 0.4) is 0 Å². The molecule has 1 aliphatic rings. The molecular weight excluding hydrogens is 473 g/mol. The number of halogens is 3. The molecule has 4 aromatic rings. The second-order valence-electron chi connectivity index (χ2n) is 8.14. The van der Waals surface area contributed by atoms with E-state index in [1.165, 1.54) is 6.07 Å². The number of hydrogen-bond donors (Lipinski definition) is 2. The Morgan fingerprint density at radius 1 is 1.14 bits per heavy atom. The van der Waals surface area contributed by atoms with Gasteiger partial charge in [-0.3, -0.25) is 4.79 Å². The third-order valence-electron chi connectivity index (χ3n) is 5.75. The number of H-pyrrole nitrogens is 1. The van der Waals surface area contributed by atoms with E-state index in [9.17, 15) is 18.0 Å². The summed E-state index contributed by atoms with van der Waals surface area (Å²) in [5, 5.41) is 3.53. The highest BCUT2D eigenvalue weighted by Crippen LogP contribution is 2.31. The molecule has 184 valence electrons. The highest BCUT2D eigenvalue weighted by molar-refractivity contribution is 5.95. The highest BCUT2D eigenvalue weighted by atomic mass is 19.4. The van der Waals surface area contributed by atoms with Crippen molar-refractivity contribution >= 4 is 22.6 Å². The molecule has 0 fully saturated rings. The lowest BCUT2D eigenvalue weighted by molar-refractivity contribution is -0.137. The first kappa shape index (κ1) is 23.3. The summed E-state index contributed by atoms with van der Waals surface area (Å²) in [7, 11) is 0. The molecule has 0 saturated heterocycles. The zero-order chi connectivity index (χ0) is 25.1. The number of hydrogen-bond acceptors (Lipinski definition) is 6. The molecule has 0 atom stereocenters. The Morgan fingerprint density at radius 3 is 2.72 bits per heavy atom. The molecular formula is C25H21F3N6O2. The van der Waals surface area contributed by atoms with E-state index in [0.717, 1.165) is 28.8 Å². The minimum absolute atomic E-state index is 0.0279. The van der Waals surface area contributed by atoms with Crippen LogP contribution in [0.2, 0.25) is 0 Å². The summed E-state index contributed by atoms with van der Waals surface area (Å²) in [4.78, 5) is 30.5. The minimum Gasteiger partial charge on any atom is -0.498 e. The lowest BCUT2D eigenvalue weighted by atomic mass is 10.1. The number of nitrogens with zero attached hydrogens (tertiary/aromatic N) is 4. The van der Waals surface area contributed by atoms with Crippen molar-refractivity contribution in [2.75, 3.05) is 24.6 Å². The van der Waals surface area contributed by atoms with Crippen LogP contribution in [0.1, 0.15) is 21.7 Å². The predicted octanol–water partition coefficient (Wildman–Crippen LogP) is 4.32. The molecule has 0 unspecified atom stereocenters. The third kappa shape index (κ3) is 4.99. The average Bonchev–Trinajstić information content (AvgIpc) is 3.32. The Morgan fingerprint density at radius 2 is 1.97 bits per heavy atom. The van der Waals surface area contributed by atoms with E-state index in [0.29, 0.717) is 29.9 Å². The lowest BCUT2D eigenvalue weighted by Crippen LogP contribution is -2.27. The molecule has 2 N–H and O–H groups in total. The summed E-state index contributed by atoms with van der Waals surface area (Å²) in [5.41, 5.74) is 2.93. The van der Waals surface area contributed by atoms with Gasteiger partial charge in [0.15, 0.2) is 0 Å². The fourth-order valence-electron chi connectivity index (χ4n) is 3.90. The second-order valence-corrected chi connectivity index (χ2v) is 8.14. The summed E-state index contributed by atoms with van der Waals surface area (Å²) in [5.74, 6) is -0.532. The fourth-order valence-corrected chi connectivity index (χ4v) is 3.90. The number of aromatic amines is 1. The molecule has 5 rings (SSSR count). The molecule has 3 aromatic heterocycles. The molecule has 0 spiro atoms. The van der Waals surface area contributed by atoms with E-state index in [1.54, 1.807) is 30.9 Å². The highest BCUT2D eigenvalue weighted by Gasteiger charge is 2.30. The van der Waals surface area contributed by atoms with Crippen LogP contribution in [0.25, 0.3) is 22.2 Å².